The van der Waals surface area contributed by atoms with Gasteiger partial charge in [-0.1, -0.05) is 43.7 Å². The number of rotatable bonds is 7. The van der Waals surface area contributed by atoms with Crippen LogP contribution >= 0.6 is 0 Å². The van der Waals surface area contributed by atoms with Crippen molar-refractivity contribution in [1.82, 2.24) is 4.98 Å². The SMILES string of the molecule is CCCc1ccc(-c2ccc3c(F)c(CCc4cc(F)c(OC(F)(F)F)c(F)c4)ccc3c2)nc1. The molecule has 1 heterocycles. The number of pyridine rings is 1. The zero-order chi connectivity index (χ0) is 25.2. The molecule has 0 amide bonds. The molecular weight excluding hydrogens is 468 g/mol. The minimum absolute atomic E-state index is 0.0225. The van der Waals surface area contributed by atoms with E-state index >= 15 is 4.39 Å². The largest absolute Gasteiger partial charge is 0.573 e. The Bertz CT molecular complexity index is 1330. The lowest BCUT2D eigenvalue weighted by Gasteiger charge is -2.12. The molecular formula is C27H21F6NO. The summed E-state index contributed by atoms with van der Waals surface area (Å²) < 4.78 is 83.4. The van der Waals surface area contributed by atoms with Crippen LogP contribution in [0.3, 0.4) is 0 Å². The summed E-state index contributed by atoms with van der Waals surface area (Å²) in [6.07, 6.45) is -1.28. The molecule has 182 valence electrons. The molecule has 0 spiro atoms. The van der Waals surface area contributed by atoms with Crippen molar-refractivity contribution in [3.8, 4) is 17.0 Å². The molecule has 0 fully saturated rings. The summed E-state index contributed by atoms with van der Waals surface area (Å²) >= 11 is 0. The average molecular weight is 489 g/mol. The molecule has 35 heavy (non-hydrogen) atoms. The van der Waals surface area contributed by atoms with Gasteiger partial charge >= 0.3 is 6.36 Å². The second kappa shape index (κ2) is 9.98. The molecule has 0 radical (unpaired) electrons. The van der Waals surface area contributed by atoms with Crippen molar-refractivity contribution in [3.05, 3.63) is 94.9 Å². The van der Waals surface area contributed by atoms with Crippen molar-refractivity contribution < 1.29 is 31.1 Å². The number of ether oxygens (including phenoxy) is 1. The molecule has 0 aliphatic rings. The van der Waals surface area contributed by atoms with Crippen LogP contribution in [0.4, 0.5) is 26.3 Å². The molecule has 1 aromatic heterocycles. The van der Waals surface area contributed by atoms with E-state index < -0.39 is 29.6 Å². The molecule has 4 rings (SSSR count). The summed E-state index contributed by atoms with van der Waals surface area (Å²) in [4.78, 5) is 4.49. The fourth-order valence-electron chi connectivity index (χ4n) is 3.97. The number of fused-ring (bicyclic) bond motifs is 1. The second-order valence-electron chi connectivity index (χ2n) is 8.21. The summed E-state index contributed by atoms with van der Waals surface area (Å²) in [5.41, 5.74) is 3.18. The Hall–Kier alpha value is -3.55. The molecule has 0 aliphatic carbocycles. The van der Waals surface area contributed by atoms with Gasteiger partial charge < -0.3 is 4.74 Å². The summed E-state index contributed by atoms with van der Waals surface area (Å²) in [5, 5.41) is 1.06. The van der Waals surface area contributed by atoms with Crippen molar-refractivity contribution >= 4 is 10.8 Å². The first-order chi connectivity index (χ1) is 16.6. The minimum atomic E-state index is -5.22. The van der Waals surface area contributed by atoms with Gasteiger partial charge in [0.25, 0.3) is 0 Å². The van der Waals surface area contributed by atoms with Crippen molar-refractivity contribution in [2.24, 2.45) is 0 Å². The minimum Gasteiger partial charge on any atom is -0.399 e. The molecule has 8 heteroatoms. The highest BCUT2D eigenvalue weighted by molar-refractivity contribution is 5.88. The number of benzene rings is 3. The quantitative estimate of drug-likeness (QED) is 0.246. The van der Waals surface area contributed by atoms with Crippen molar-refractivity contribution in [1.29, 1.82) is 0 Å². The molecule has 0 aliphatic heterocycles. The van der Waals surface area contributed by atoms with Crippen LogP contribution in [-0.4, -0.2) is 11.3 Å². The monoisotopic (exact) mass is 489 g/mol. The molecule has 0 unspecified atom stereocenters. The first kappa shape index (κ1) is 24.6. The summed E-state index contributed by atoms with van der Waals surface area (Å²) in [7, 11) is 0. The van der Waals surface area contributed by atoms with Crippen LogP contribution in [0, 0.1) is 17.5 Å². The predicted octanol–water partition coefficient (Wildman–Crippen LogP) is 7.96. The Morgan fingerprint density at radius 1 is 0.800 bits per heavy atom. The highest BCUT2D eigenvalue weighted by atomic mass is 19.4. The van der Waals surface area contributed by atoms with Gasteiger partial charge in [-0.2, -0.15) is 0 Å². The molecule has 0 atom stereocenters. The number of alkyl halides is 3. The van der Waals surface area contributed by atoms with Crippen LogP contribution in [0.25, 0.3) is 22.0 Å². The van der Waals surface area contributed by atoms with E-state index in [4.69, 9.17) is 0 Å². The van der Waals surface area contributed by atoms with E-state index in [1.54, 1.807) is 24.3 Å². The van der Waals surface area contributed by atoms with E-state index in [1.807, 2.05) is 24.4 Å². The zero-order valence-corrected chi connectivity index (χ0v) is 18.7. The maximum Gasteiger partial charge on any atom is 0.573 e. The van der Waals surface area contributed by atoms with E-state index in [0.29, 0.717) is 16.3 Å². The Morgan fingerprint density at radius 3 is 2.17 bits per heavy atom. The standard InChI is InChI=1S/C27H21F6NO/c1-2-3-16-5-11-24(34-15-16)20-9-10-21-19(14-20)8-7-18(25(21)30)6-4-17-12-22(28)26(23(29)13-17)35-27(31,32)33/h5,7-15H,2-4,6H2,1H3. The van der Waals surface area contributed by atoms with Gasteiger partial charge in [0.15, 0.2) is 11.6 Å². The molecule has 0 saturated carbocycles. The first-order valence-corrected chi connectivity index (χ1v) is 11.0. The summed E-state index contributed by atoms with van der Waals surface area (Å²) in [6.45, 7) is 2.10. The molecule has 4 aromatic rings. The van der Waals surface area contributed by atoms with E-state index in [1.165, 1.54) is 0 Å². The fraction of sp³-hybridized carbons (Fsp3) is 0.222. The highest BCUT2D eigenvalue weighted by Gasteiger charge is 2.34. The third-order valence-electron chi connectivity index (χ3n) is 5.65. The molecule has 2 nitrogen and oxygen atoms in total. The molecule has 0 N–H and O–H groups in total. The van der Waals surface area contributed by atoms with Crippen LogP contribution in [0.1, 0.15) is 30.0 Å². The van der Waals surface area contributed by atoms with Crippen LogP contribution in [0.15, 0.2) is 60.8 Å². The van der Waals surface area contributed by atoms with Crippen molar-refractivity contribution in [2.75, 3.05) is 0 Å². The van der Waals surface area contributed by atoms with Crippen molar-refractivity contribution in [2.45, 2.75) is 39.0 Å². The van der Waals surface area contributed by atoms with Crippen LogP contribution in [0.2, 0.25) is 0 Å². The van der Waals surface area contributed by atoms with Gasteiger partial charge in [0.1, 0.15) is 5.82 Å². The van der Waals surface area contributed by atoms with Gasteiger partial charge in [-0.3, -0.25) is 4.98 Å². The van der Waals surface area contributed by atoms with E-state index in [2.05, 4.69) is 16.6 Å². The molecule has 3 aromatic carbocycles. The van der Waals surface area contributed by atoms with E-state index in [-0.39, 0.29) is 18.4 Å². The van der Waals surface area contributed by atoms with E-state index in [9.17, 15) is 22.0 Å². The number of aryl methyl sites for hydroxylation is 3. The third-order valence-corrected chi connectivity index (χ3v) is 5.65. The molecule has 0 bridgehead atoms. The Balaban J connectivity index is 1.53. The van der Waals surface area contributed by atoms with Gasteiger partial charge in [-0.25, -0.2) is 13.2 Å². The lowest BCUT2D eigenvalue weighted by Crippen LogP contribution is -2.19. The Labute approximate surface area is 198 Å². The lowest BCUT2D eigenvalue weighted by atomic mass is 9.98. The third kappa shape index (κ3) is 5.75. The smallest absolute Gasteiger partial charge is 0.399 e. The highest BCUT2D eigenvalue weighted by Crippen LogP contribution is 2.31. The van der Waals surface area contributed by atoms with E-state index in [0.717, 1.165) is 41.8 Å². The van der Waals surface area contributed by atoms with Crippen molar-refractivity contribution in [3.63, 3.8) is 0 Å². The van der Waals surface area contributed by atoms with Gasteiger partial charge in [-0.05, 0) is 65.6 Å². The number of nitrogens with zero attached hydrogens (tertiary/aromatic N) is 1. The number of hydrogen-bond donors (Lipinski definition) is 0. The zero-order valence-electron chi connectivity index (χ0n) is 18.7. The van der Waals surface area contributed by atoms with Crippen LogP contribution < -0.4 is 4.74 Å². The second-order valence-corrected chi connectivity index (χ2v) is 8.21. The first-order valence-electron chi connectivity index (χ1n) is 11.0. The van der Waals surface area contributed by atoms with Crippen LogP contribution in [0.5, 0.6) is 5.75 Å². The normalized spacial score (nSPS) is 11.7. The average Bonchev–Trinajstić information content (AvgIpc) is 2.81. The lowest BCUT2D eigenvalue weighted by molar-refractivity contribution is -0.276. The topological polar surface area (TPSA) is 22.1 Å². The summed E-state index contributed by atoms with van der Waals surface area (Å²) in [6, 6.07) is 14.1. The van der Waals surface area contributed by atoms with Gasteiger partial charge in [0.2, 0.25) is 5.75 Å². The summed E-state index contributed by atoms with van der Waals surface area (Å²) in [5.74, 6) is -4.91. The van der Waals surface area contributed by atoms with Gasteiger partial charge in [0.05, 0.1) is 5.69 Å². The van der Waals surface area contributed by atoms with Gasteiger partial charge in [0, 0.05) is 17.1 Å². The predicted molar refractivity (Wildman–Crippen MR) is 122 cm³/mol. The number of hydrogen-bond acceptors (Lipinski definition) is 2. The van der Waals surface area contributed by atoms with Crippen LogP contribution in [-0.2, 0) is 19.3 Å². The number of aromatic nitrogens is 1. The van der Waals surface area contributed by atoms with Gasteiger partial charge in [-0.15, -0.1) is 13.2 Å². The Morgan fingerprint density at radius 2 is 1.54 bits per heavy atom. The maximum absolute atomic E-state index is 15.1. The molecule has 0 saturated heterocycles. The maximum atomic E-state index is 15.1. The number of halogens is 6. The fourth-order valence-corrected chi connectivity index (χ4v) is 3.97. The Kier molecular flexibility index (Phi) is 7.00.